The number of hydrogen-bond acceptors (Lipinski definition) is 8. The van der Waals surface area contributed by atoms with Crippen molar-refractivity contribution in [1.29, 1.82) is 0 Å². The summed E-state index contributed by atoms with van der Waals surface area (Å²) >= 11 is 0. The summed E-state index contributed by atoms with van der Waals surface area (Å²) < 4.78 is 25.1. The molecule has 2 aromatic rings. The summed E-state index contributed by atoms with van der Waals surface area (Å²) in [6, 6.07) is 3.56. The van der Waals surface area contributed by atoms with Crippen molar-refractivity contribution in [3.63, 3.8) is 0 Å². The first-order chi connectivity index (χ1) is 15.7. The predicted molar refractivity (Wildman–Crippen MR) is 121 cm³/mol. The van der Waals surface area contributed by atoms with Crippen molar-refractivity contribution in [2.75, 3.05) is 19.2 Å². The van der Waals surface area contributed by atoms with Gasteiger partial charge in [0.15, 0.2) is 18.4 Å². The van der Waals surface area contributed by atoms with Crippen molar-refractivity contribution in [3.05, 3.63) is 63.9 Å². The number of aromatic nitrogens is 1. The maximum atomic E-state index is 12.8. The zero-order valence-corrected chi connectivity index (χ0v) is 19.4. The zero-order chi connectivity index (χ0) is 25.6. The Morgan fingerprint density at radius 3 is 2.15 bits per heavy atom. The van der Waals surface area contributed by atoms with E-state index in [0.717, 1.165) is 6.07 Å². The second-order valence-electron chi connectivity index (χ2n) is 6.38. The summed E-state index contributed by atoms with van der Waals surface area (Å²) in [6.45, 7) is 5.13. The van der Waals surface area contributed by atoms with E-state index in [1.54, 1.807) is 7.05 Å². The molecule has 0 unspecified atom stereocenters. The number of aliphatic hydroxyl groups is 2. The molecule has 8 nitrogen and oxygen atoms in total. The molecule has 33 heavy (non-hydrogen) atoms. The topological polar surface area (TPSA) is 123 Å². The second kappa shape index (κ2) is 15.7. The number of aliphatic hydroxyl groups excluding tert-OH is 2. The number of pyridine rings is 1. The maximum absolute atomic E-state index is 12.8. The molecule has 0 aliphatic carbocycles. The summed E-state index contributed by atoms with van der Waals surface area (Å²) in [6.07, 6.45) is 2.08. The number of benzene rings is 1. The number of nitrogens with zero attached hydrogens (tertiary/aromatic N) is 2. The van der Waals surface area contributed by atoms with Gasteiger partial charge in [-0.25, -0.2) is 18.8 Å². The van der Waals surface area contributed by atoms with Gasteiger partial charge in [0.2, 0.25) is 0 Å². The van der Waals surface area contributed by atoms with Crippen LogP contribution in [0.5, 0.6) is 0 Å². The Hall–Kier alpha value is -3.05. The molecular formula is C23H31F2N3O5. The van der Waals surface area contributed by atoms with E-state index in [-0.39, 0.29) is 29.1 Å². The summed E-state index contributed by atoms with van der Waals surface area (Å²) in [5.74, 6) is -0.966. The van der Waals surface area contributed by atoms with E-state index < -0.39 is 18.2 Å². The summed E-state index contributed by atoms with van der Waals surface area (Å²) in [5, 5.41) is 31.8. The number of carbonyl (C=O) groups is 2. The molecule has 0 atom stereocenters. The van der Waals surface area contributed by atoms with Crippen LogP contribution in [0.1, 0.15) is 43.0 Å². The Bertz CT molecular complexity index is 940. The molecule has 0 aliphatic heterocycles. The van der Waals surface area contributed by atoms with Gasteiger partial charge in [0.1, 0.15) is 11.6 Å². The standard InChI is InChI=1S/C13H16N2O5.C8H9F2N.C2H6/c1-8(10(5-17)6-18)12-11(7-19)9(4-16)3-14-13(12)15(2)20;1-11-5-6-2-3-7(9)4-8(6)10;1-2/h3,5-6,16,19-20H,4,7H2,1-2H3;2-4,11H,5H2,1H3;1-2H3. The molecule has 1 heterocycles. The van der Waals surface area contributed by atoms with Gasteiger partial charge in [-0.05, 0) is 31.2 Å². The number of halogens is 2. The normalized spacial score (nSPS) is 9.64. The van der Waals surface area contributed by atoms with Gasteiger partial charge in [0.25, 0.3) is 0 Å². The van der Waals surface area contributed by atoms with Crippen molar-refractivity contribution in [1.82, 2.24) is 10.3 Å². The third-order valence-electron chi connectivity index (χ3n) is 4.33. The molecule has 0 fully saturated rings. The Morgan fingerprint density at radius 1 is 1.12 bits per heavy atom. The average Bonchev–Trinajstić information content (AvgIpc) is 2.82. The summed E-state index contributed by atoms with van der Waals surface area (Å²) in [5.41, 5.74) is 1.52. The number of anilines is 1. The Labute approximate surface area is 192 Å². The lowest BCUT2D eigenvalue weighted by Crippen LogP contribution is -2.17. The third kappa shape index (κ3) is 8.43. The van der Waals surface area contributed by atoms with Crippen molar-refractivity contribution >= 4 is 24.0 Å². The highest BCUT2D eigenvalue weighted by Gasteiger charge is 2.19. The first kappa shape index (κ1) is 30.0. The lowest BCUT2D eigenvalue weighted by atomic mass is 9.95. The Kier molecular flexibility index (Phi) is 14.3. The number of rotatable bonds is 8. The molecule has 182 valence electrons. The number of hydrogen-bond donors (Lipinski definition) is 4. The molecule has 0 aliphatic rings. The van der Waals surface area contributed by atoms with Crippen molar-refractivity contribution < 1.29 is 33.8 Å². The number of hydroxylamine groups is 1. The summed E-state index contributed by atoms with van der Waals surface area (Å²) in [7, 11) is 3.03. The molecule has 0 radical (unpaired) electrons. The molecule has 10 heteroatoms. The van der Waals surface area contributed by atoms with Crippen LogP contribution in [0.4, 0.5) is 14.6 Å². The van der Waals surface area contributed by atoms with Crippen LogP contribution in [0.25, 0.3) is 5.57 Å². The maximum Gasteiger partial charge on any atom is 0.159 e. The Balaban J connectivity index is 0.000000663. The van der Waals surface area contributed by atoms with E-state index in [2.05, 4.69) is 10.3 Å². The van der Waals surface area contributed by atoms with Crippen LogP contribution < -0.4 is 10.4 Å². The second-order valence-corrected chi connectivity index (χ2v) is 6.38. The number of allylic oxidation sites excluding steroid dienone is 2. The van der Waals surface area contributed by atoms with Gasteiger partial charge in [-0.3, -0.25) is 14.8 Å². The number of nitrogens with one attached hydrogen (secondary N) is 1. The van der Waals surface area contributed by atoms with Gasteiger partial charge in [-0.1, -0.05) is 19.9 Å². The van der Waals surface area contributed by atoms with Crippen molar-refractivity contribution in [2.45, 2.75) is 40.5 Å². The lowest BCUT2D eigenvalue weighted by Gasteiger charge is -2.20. The molecule has 0 bridgehead atoms. The highest BCUT2D eigenvalue weighted by molar-refractivity contribution is 6.08. The summed E-state index contributed by atoms with van der Waals surface area (Å²) in [4.78, 5) is 25.7. The monoisotopic (exact) mass is 467 g/mol. The highest BCUT2D eigenvalue weighted by atomic mass is 19.1. The SMILES string of the molecule is CC.CC(=C(C=O)C=O)c1c(N(C)O)ncc(CO)c1CO.CNCc1ccc(F)cc1F. The van der Waals surface area contributed by atoms with Crippen LogP contribution in [-0.4, -0.2) is 47.1 Å². The zero-order valence-electron chi connectivity index (χ0n) is 19.4. The van der Waals surface area contributed by atoms with E-state index in [1.807, 2.05) is 13.8 Å². The molecule has 0 amide bonds. The van der Waals surface area contributed by atoms with Crippen LogP contribution >= 0.6 is 0 Å². The molecule has 0 spiro atoms. The lowest BCUT2D eigenvalue weighted by molar-refractivity contribution is -0.109. The van der Waals surface area contributed by atoms with Crippen LogP contribution in [0.2, 0.25) is 0 Å². The van der Waals surface area contributed by atoms with Gasteiger partial charge in [-0.15, -0.1) is 0 Å². The van der Waals surface area contributed by atoms with Crippen molar-refractivity contribution in [3.8, 4) is 0 Å². The molecular weight excluding hydrogens is 436 g/mol. The van der Waals surface area contributed by atoms with E-state index in [0.29, 0.717) is 40.9 Å². The fourth-order valence-electron chi connectivity index (χ4n) is 2.74. The van der Waals surface area contributed by atoms with E-state index in [9.17, 15) is 33.8 Å². The van der Waals surface area contributed by atoms with Crippen LogP contribution in [0.15, 0.2) is 30.0 Å². The van der Waals surface area contributed by atoms with Crippen LogP contribution in [0.3, 0.4) is 0 Å². The third-order valence-corrected chi connectivity index (χ3v) is 4.33. The highest BCUT2D eigenvalue weighted by Crippen LogP contribution is 2.31. The quantitative estimate of drug-likeness (QED) is 0.154. The van der Waals surface area contributed by atoms with E-state index in [4.69, 9.17) is 0 Å². The van der Waals surface area contributed by atoms with E-state index in [1.165, 1.54) is 32.3 Å². The molecule has 0 saturated carbocycles. The smallest absolute Gasteiger partial charge is 0.159 e. The van der Waals surface area contributed by atoms with Gasteiger partial charge in [-0.2, -0.15) is 0 Å². The van der Waals surface area contributed by atoms with Gasteiger partial charge in [0, 0.05) is 42.5 Å². The minimum Gasteiger partial charge on any atom is -0.392 e. The molecule has 2 rings (SSSR count). The fourth-order valence-corrected chi connectivity index (χ4v) is 2.74. The van der Waals surface area contributed by atoms with Crippen molar-refractivity contribution in [2.24, 2.45) is 0 Å². The first-order valence-corrected chi connectivity index (χ1v) is 10.1. The van der Waals surface area contributed by atoms with Gasteiger partial charge >= 0.3 is 0 Å². The predicted octanol–water partition coefficient (Wildman–Crippen LogP) is 2.77. The number of aldehydes is 2. The number of carbonyl (C=O) groups excluding carboxylic acids is 2. The average molecular weight is 468 g/mol. The molecule has 4 N–H and O–H groups in total. The van der Waals surface area contributed by atoms with E-state index >= 15 is 0 Å². The van der Waals surface area contributed by atoms with Crippen LogP contribution in [-0.2, 0) is 29.3 Å². The minimum atomic E-state index is -0.539. The first-order valence-electron chi connectivity index (χ1n) is 10.1. The van der Waals surface area contributed by atoms with Gasteiger partial charge < -0.3 is 15.5 Å². The Morgan fingerprint density at radius 2 is 1.73 bits per heavy atom. The van der Waals surface area contributed by atoms with Gasteiger partial charge in [0.05, 0.1) is 18.8 Å². The minimum absolute atomic E-state index is 0.0740. The molecule has 1 aromatic heterocycles. The van der Waals surface area contributed by atoms with Crippen LogP contribution in [0, 0.1) is 11.6 Å². The largest absolute Gasteiger partial charge is 0.392 e. The molecule has 1 aromatic carbocycles. The fraction of sp³-hybridized carbons (Fsp3) is 0.348. The molecule has 0 saturated heterocycles.